The minimum Gasteiger partial charge on any atom is -0.300 e. The van der Waals surface area contributed by atoms with Crippen molar-refractivity contribution in [3.05, 3.63) is 34.9 Å². The number of ketones is 1. The number of benzene rings is 1. The van der Waals surface area contributed by atoms with Crippen molar-refractivity contribution in [1.82, 2.24) is 4.90 Å². The third-order valence-corrected chi connectivity index (χ3v) is 4.18. The first-order valence-electron chi connectivity index (χ1n) is 8.33. The molecular formula is C19H31NO. The van der Waals surface area contributed by atoms with Gasteiger partial charge >= 0.3 is 0 Å². The number of unbranched alkanes of at least 4 members (excludes halogenated alkanes) is 1. The molecule has 1 atom stereocenters. The summed E-state index contributed by atoms with van der Waals surface area (Å²) in [5, 5.41) is 0. The van der Waals surface area contributed by atoms with Gasteiger partial charge in [-0.1, -0.05) is 37.5 Å². The Kier molecular flexibility index (Phi) is 7.66. The molecule has 0 radical (unpaired) electrons. The minimum absolute atomic E-state index is 0.270. The maximum Gasteiger partial charge on any atom is 0.164 e. The Bertz CT molecular complexity index is 433. The van der Waals surface area contributed by atoms with Gasteiger partial charge in [-0.15, -0.1) is 0 Å². The van der Waals surface area contributed by atoms with Crippen LogP contribution in [0.4, 0.5) is 0 Å². The van der Waals surface area contributed by atoms with Crippen LogP contribution in [0, 0.1) is 13.8 Å². The molecule has 1 aromatic rings. The van der Waals surface area contributed by atoms with Gasteiger partial charge in [0.15, 0.2) is 5.78 Å². The second-order valence-corrected chi connectivity index (χ2v) is 6.20. The lowest BCUT2D eigenvalue weighted by atomic mass is 10.0. The predicted molar refractivity (Wildman–Crippen MR) is 91.1 cm³/mol. The van der Waals surface area contributed by atoms with Crippen LogP contribution in [0.25, 0.3) is 0 Å². The summed E-state index contributed by atoms with van der Waals surface area (Å²) in [5.74, 6) is 0.270. The first-order chi connectivity index (χ1) is 9.97. The summed E-state index contributed by atoms with van der Waals surface area (Å²) in [6.07, 6.45) is 4.18. The van der Waals surface area contributed by atoms with Gasteiger partial charge in [-0.25, -0.2) is 0 Å². The number of carbonyl (C=O) groups excluding carboxylic acids is 1. The van der Waals surface area contributed by atoms with E-state index in [4.69, 9.17) is 0 Å². The fourth-order valence-corrected chi connectivity index (χ4v) is 2.70. The van der Waals surface area contributed by atoms with Gasteiger partial charge in [-0.3, -0.25) is 4.79 Å². The van der Waals surface area contributed by atoms with Crippen molar-refractivity contribution in [1.29, 1.82) is 0 Å². The van der Waals surface area contributed by atoms with Crippen LogP contribution in [0.5, 0.6) is 0 Å². The van der Waals surface area contributed by atoms with Crippen molar-refractivity contribution in [3.8, 4) is 0 Å². The Labute approximate surface area is 130 Å². The van der Waals surface area contributed by atoms with Gasteiger partial charge in [-0.2, -0.15) is 0 Å². The quantitative estimate of drug-likeness (QED) is 0.610. The number of hydrogen-bond donors (Lipinski definition) is 0. The van der Waals surface area contributed by atoms with Gasteiger partial charge in [0.2, 0.25) is 0 Å². The molecule has 118 valence electrons. The molecule has 0 aromatic heterocycles. The lowest BCUT2D eigenvalue weighted by molar-refractivity contribution is 0.0951. The van der Waals surface area contributed by atoms with E-state index in [9.17, 15) is 4.79 Å². The summed E-state index contributed by atoms with van der Waals surface area (Å²) in [6.45, 7) is 12.8. The molecule has 0 spiro atoms. The Balaban J connectivity index is 2.63. The molecular weight excluding hydrogens is 258 g/mol. The standard InChI is InChI=1S/C19H31NO/c1-6-8-10-20(17(5)7-2)11-9-19(21)18-13-15(3)12-16(4)14-18/h12-14,17H,6-11H2,1-5H3. The molecule has 0 aliphatic heterocycles. The molecule has 1 unspecified atom stereocenters. The monoisotopic (exact) mass is 289 g/mol. The van der Waals surface area contributed by atoms with E-state index in [1.54, 1.807) is 0 Å². The number of Topliss-reactive ketones (excluding diaryl/α,β-unsaturated/α-hetero) is 1. The van der Waals surface area contributed by atoms with Gasteiger partial charge in [-0.05, 0) is 52.3 Å². The molecule has 1 rings (SSSR count). The lowest BCUT2D eigenvalue weighted by Gasteiger charge is -2.28. The molecule has 0 aliphatic carbocycles. The van der Waals surface area contributed by atoms with E-state index in [-0.39, 0.29) is 5.78 Å². The van der Waals surface area contributed by atoms with Crippen molar-refractivity contribution in [3.63, 3.8) is 0 Å². The second-order valence-electron chi connectivity index (χ2n) is 6.20. The number of carbonyl (C=O) groups is 1. The van der Waals surface area contributed by atoms with Crippen LogP contribution in [0.3, 0.4) is 0 Å². The second kappa shape index (κ2) is 8.99. The molecule has 0 heterocycles. The van der Waals surface area contributed by atoms with Crippen LogP contribution < -0.4 is 0 Å². The first kappa shape index (κ1) is 17.9. The van der Waals surface area contributed by atoms with Crippen LogP contribution in [-0.2, 0) is 0 Å². The van der Waals surface area contributed by atoms with E-state index >= 15 is 0 Å². The average molecular weight is 289 g/mol. The normalized spacial score (nSPS) is 12.7. The highest BCUT2D eigenvalue weighted by Gasteiger charge is 2.14. The van der Waals surface area contributed by atoms with Crippen LogP contribution in [-0.4, -0.2) is 29.8 Å². The fourth-order valence-electron chi connectivity index (χ4n) is 2.70. The van der Waals surface area contributed by atoms with Gasteiger partial charge < -0.3 is 4.90 Å². The minimum atomic E-state index is 0.270. The predicted octanol–water partition coefficient (Wildman–Crippen LogP) is 4.78. The van der Waals surface area contributed by atoms with Crippen molar-refractivity contribution in [2.75, 3.05) is 13.1 Å². The smallest absolute Gasteiger partial charge is 0.164 e. The van der Waals surface area contributed by atoms with Crippen LogP contribution in [0.2, 0.25) is 0 Å². The Morgan fingerprint density at radius 1 is 1.10 bits per heavy atom. The van der Waals surface area contributed by atoms with E-state index in [2.05, 4.69) is 45.6 Å². The van der Waals surface area contributed by atoms with E-state index in [1.165, 1.54) is 24.0 Å². The van der Waals surface area contributed by atoms with Crippen molar-refractivity contribution in [2.45, 2.75) is 66.3 Å². The van der Waals surface area contributed by atoms with E-state index in [0.29, 0.717) is 12.5 Å². The number of aryl methyl sites for hydroxylation is 2. The Morgan fingerprint density at radius 3 is 2.24 bits per heavy atom. The number of nitrogens with zero attached hydrogens (tertiary/aromatic N) is 1. The lowest BCUT2D eigenvalue weighted by Crippen LogP contribution is -2.35. The molecule has 2 nitrogen and oxygen atoms in total. The maximum absolute atomic E-state index is 12.4. The highest BCUT2D eigenvalue weighted by molar-refractivity contribution is 5.96. The van der Waals surface area contributed by atoms with Crippen molar-refractivity contribution < 1.29 is 4.79 Å². The largest absolute Gasteiger partial charge is 0.300 e. The topological polar surface area (TPSA) is 20.3 Å². The van der Waals surface area contributed by atoms with Gasteiger partial charge in [0, 0.05) is 24.6 Å². The zero-order chi connectivity index (χ0) is 15.8. The van der Waals surface area contributed by atoms with Crippen LogP contribution in [0.1, 0.15) is 67.9 Å². The molecule has 0 saturated heterocycles. The van der Waals surface area contributed by atoms with Crippen molar-refractivity contribution >= 4 is 5.78 Å². The van der Waals surface area contributed by atoms with Gasteiger partial charge in [0.1, 0.15) is 0 Å². The summed E-state index contributed by atoms with van der Waals surface area (Å²) in [7, 11) is 0. The molecule has 21 heavy (non-hydrogen) atoms. The zero-order valence-corrected chi connectivity index (χ0v) is 14.4. The van der Waals surface area contributed by atoms with Crippen LogP contribution in [0.15, 0.2) is 18.2 Å². The molecule has 0 amide bonds. The summed E-state index contributed by atoms with van der Waals surface area (Å²) < 4.78 is 0. The van der Waals surface area contributed by atoms with Gasteiger partial charge in [0.05, 0.1) is 0 Å². The SMILES string of the molecule is CCCCN(CCC(=O)c1cc(C)cc(C)c1)C(C)CC. The fraction of sp³-hybridized carbons (Fsp3) is 0.632. The summed E-state index contributed by atoms with van der Waals surface area (Å²) >= 11 is 0. The molecule has 2 heteroatoms. The van der Waals surface area contributed by atoms with Gasteiger partial charge in [0.25, 0.3) is 0 Å². The van der Waals surface area contributed by atoms with E-state index in [0.717, 1.165) is 25.1 Å². The average Bonchev–Trinajstić information content (AvgIpc) is 2.45. The molecule has 0 N–H and O–H groups in total. The molecule has 0 fully saturated rings. The third-order valence-electron chi connectivity index (χ3n) is 4.18. The number of hydrogen-bond acceptors (Lipinski definition) is 2. The molecule has 1 aromatic carbocycles. The maximum atomic E-state index is 12.4. The molecule has 0 aliphatic rings. The molecule has 0 saturated carbocycles. The number of rotatable bonds is 9. The third kappa shape index (κ3) is 6.01. The highest BCUT2D eigenvalue weighted by atomic mass is 16.1. The van der Waals surface area contributed by atoms with Crippen molar-refractivity contribution in [2.24, 2.45) is 0 Å². The van der Waals surface area contributed by atoms with E-state index < -0.39 is 0 Å². The summed E-state index contributed by atoms with van der Waals surface area (Å²) in [4.78, 5) is 14.9. The summed E-state index contributed by atoms with van der Waals surface area (Å²) in [5.41, 5.74) is 3.21. The summed E-state index contributed by atoms with van der Waals surface area (Å²) in [6, 6.07) is 6.69. The van der Waals surface area contributed by atoms with Crippen LogP contribution >= 0.6 is 0 Å². The Hall–Kier alpha value is -1.15. The highest BCUT2D eigenvalue weighted by Crippen LogP contribution is 2.13. The zero-order valence-electron chi connectivity index (χ0n) is 14.4. The van der Waals surface area contributed by atoms with E-state index in [1.807, 2.05) is 12.1 Å². The Morgan fingerprint density at radius 2 is 1.71 bits per heavy atom. The molecule has 0 bridgehead atoms. The first-order valence-corrected chi connectivity index (χ1v) is 8.33.